The van der Waals surface area contributed by atoms with Crippen molar-refractivity contribution in [2.75, 3.05) is 12.4 Å². The van der Waals surface area contributed by atoms with Crippen LogP contribution in [0.5, 0.6) is 11.5 Å². The molecule has 3 aromatic rings. The number of nitrogens with one attached hydrogen (secondary N) is 2. The Morgan fingerprint density at radius 3 is 2.44 bits per heavy atom. The van der Waals surface area contributed by atoms with E-state index in [1.807, 2.05) is 0 Å². The fourth-order valence-electron chi connectivity index (χ4n) is 3.11. The van der Waals surface area contributed by atoms with Crippen LogP contribution in [0.4, 0.5) is 18.9 Å². The summed E-state index contributed by atoms with van der Waals surface area (Å²) in [5.41, 5.74) is 3.38. The Kier molecular flexibility index (Phi) is 8.55. The number of anilines is 1. The minimum Gasteiger partial charge on any atom is -0.506 e. The predicted molar refractivity (Wildman–Crippen MR) is 130 cm³/mol. The van der Waals surface area contributed by atoms with E-state index >= 15 is 0 Å². The largest absolute Gasteiger partial charge is 0.506 e. The zero-order valence-corrected chi connectivity index (χ0v) is 19.7. The second-order valence-corrected chi connectivity index (χ2v) is 7.97. The second-order valence-electron chi connectivity index (χ2n) is 7.56. The van der Waals surface area contributed by atoms with E-state index in [0.29, 0.717) is 22.6 Å². The Morgan fingerprint density at radius 1 is 1.08 bits per heavy atom. The quantitative estimate of drug-likeness (QED) is 0.274. The van der Waals surface area contributed by atoms with Gasteiger partial charge in [-0.15, -0.1) is 0 Å². The van der Waals surface area contributed by atoms with Gasteiger partial charge in [0.25, 0.3) is 5.91 Å². The maximum absolute atomic E-state index is 12.7. The van der Waals surface area contributed by atoms with Gasteiger partial charge in [-0.1, -0.05) is 23.7 Å². The fourth-order valence-corrected chi connectivity index (χ4v) is 3.29. The van der Waals surface area contributed by atoms with E-state index in [-0.39, 0.29) is 35.1 Å². The summed E-state index contributed by atoms with van der Waals surface area (Å²) < 4.78 is 43.3. The Bertz CT molecular complexity index is 1280. The Hall–Kier alpha value is -4.05. The Morgan fingerprint density at radius 2 is 1.81 bits per heavy atom. The molecule has 0 radical (unpaired) electrons. The summed E-state index contributed by atoms with van der Waals surface area (Å²) in [6.07, 6.45) is -2.70. The summed E-state index contributed by atoms with van der Waals surface area (Å²) in [5, 5.41) is 16.1. The van der Waals surface area contributed by atoms with Gasteiger partial charge in [-0.05, 0) is 54.4 Å². The SMILES string of the molecule is COc1cc(NC(=O)CCc2ccc(C(F)(F)F)cc2)ccc1/C=N/NC(=O)c1ccc(O)c(Cl)c1. The number of phenolic OH excluding ortho intramolecular Hbond substituents is 1. The first-order chi connectivity index (χ1) is 17.1. The average molecular weight is 520 g/mol. The number of aryl methyl sites for hydroxylation is 1. The maximum Gasteiger partial charge on any atom is 0.416 e. The number of methoxy groups -OCH3 is 1. The number of hydrogen-bond acceptors (Lipinski definition) is 5. The molecule has 0 heterocycles. The van der Waals surface area contributed by atoms with E-state index < -0.39 is 17.6 Å². The molecule has 0 saturated heterocycles. The van der Waals surface area contributed by atoms with E-state index in [1.54, 1.807) is 18.2 Å². The minimum atomic E-state index is -4.40. The Balaban J connectivity index is 1.56. The normalized spacial score (nSPS) is 11.4. The first-order valence-electron chi connectivity index (χ1n) is 10.5. The van der Waals surface area contributed by atoms with E-state index in [2.05, 4.69) is 15.8 Å². The highest BCUT2D eigenvalue weighted by atomic mass is 35.5. The summed E-state index contributed by atoms with van der Waals surface area (Å²) in [6, 6.07) is 13.5. The summed E-state index contributed by atoms with van der Waals surface area (Å²) >= 11 is 5.80. The van der Waals surface area contributed by atoms with Gasteiger partial charge in [-0.2, -0.15) is 18.3 Å². The summed E-state index contributed by atoms with van der Waals surface area (Å²) in [5.74, 6) is -0.628. The molecule has 0 spiro atoms. The predicted octanol–water partition coefficient (Wildman–Crippen LogP) is 5.41. The zero-order chi connectivity index (χ0) is 26.3. The first-order valence-corrected chi connectivity index (χ1v) is 10.9. The van der Waals surface area contributed by atoms with Crippen LogP contribution >= 0.6 is 11.6 Å². The van der Waals surface area contributed by atoms with Crippen molar-refractivity contribution in [2.24, 2.45) is 5.10 Å². The second kappa shape index (κ2) is 11.6. The molecule has 3 N–H and O–H groups in total. The molecule has 3 rings (SSSR count). The highest BCUT2D eigenvalue weighted by molar-refractivity contribution is 6.32. The molecule has 0 aliphatic heterocycles. The van der Waals surface area contributed by atoms with Gasteiger partial charge >= 0.3 is 6.18 Å². The van der Waals surface area contributed by atoms with Crippen molar-refractivity contribution < 1.29 is 32.6 Å². The van der Waals surface area contributed by atoms with E-state index in [4.69, 9.17) is 16.3 Å². The van der Waals surface area contributed by atoms with Gasteiger partial charge in [0, 0.05) is 29.3 Å². The number of nitrogens with zero attached hydrogens (tertiary/aromatic N) is 1. The Labute approximate surface area is 209 Å². The molecule has 188 valence electrons. The van der Waals surface area contributed by atoms with Crippen LogP contribution in [0, 0.1) is 0 Å². The zero-order valence-electron chi connectivity index (χ0n) is 18.9. The van der Waals surface area contributed by atoms with Crippen molar-refractivity contribution in [3.63, 3.8) is 0 Å². The van der Waals surface area contributed by atoms with Gasteiger partial charge in [-0.3, -0.25) is 9.59 Å². The van der Waals surface area contributed by atoms with E-state index in [9.17, 15) is 27.9 Å². The summed E-state index contributed by atoms with van der Waals surface area (Å²) in [6.45, 7) is 0. The average Bonchev–Trinajstić information content (AvgIpc) is 2.84. The van der Waals surface area contributed by atoms with Gasteiger partial charge in [-0.25, -0.2) is 5.43 Å². The maximum atomic E-state index is 12.7. The lowest BCUT2D eigenvalue weighted by atomic mass is 10.1. The minimum absolute atomic E-state index is 0.0327. The van der Waals surface area contributed by atoms with E-state index in [1.165, 1.54) is 43.7 Å². The lowest BCUT2D eigenvalue weighted by Crippen LogP contribution is -2.17. The molecule has 11 heteroatoms. The topological polar surface area (TPSA) is 100 Å². The molecule has 7 nitrogen and oxygen atoms in total. The highest BCUT2D eigenvalue weighted by Gasteiger charge is 2.29. The summed E-state index contributed by atoms with van der Waals surface area (Å²) in [7, 11) is 1.43. The number of carbonyl (C=O) groups excluding carboxylic acids is 2. The van der Waals surface area contributed by atoms with Crippen LogP contribution < -0.4 is 15.5 Å². The molecular formula is C25H21ClF3N3O4. The molecule has 0 unspecified atom stereocenters. The third-order valence-corrected chi connectivity index (χ3v) is 5.32. The third kappa shape index (κ3) is 7.22. The highest BCUT2D eigenvalue weighted by Crippen LogP contribution is 2.29. The molecule has 2 amide bonds. The van der Waals surface area contributed by atoms with Crippen LogP contribution in [-0.2, 0) is 17.4 Å². The number of hydrazone groups is 1. The number of rotatable bonds is 8. The van der Waals surface area contributed by atoms with Gasteiger partial charge in [0.15, 0.2) is 0 Å². The van der Waals surface area contributed by atoms with Crippen LogP contribution in [0.3, 0.4) is 0 Å². The number of ether oxygens (including phenoxy) is 1. The van der Waals surface area contributed by atoms with Crippen molar-refractivity contribution in [1.29, 1.82) is 0 Å². The lowest BCUT2D eigenvalue weighted by molar-refractivity contribution is -0.137. The molecule has 0 atom stereocenters. The summed E-state index contributed by atoms with van der Waals surface area (Å²) in [4.78, 5) is 24.5. The van der Waals surface area contributed by atoms with Crippen LogP contribution in [-0.4, -0.2) is 30.2 Å². The molecule has 0 bridgehead atoms. The molecule has 36 heavy (non-hydrogen) atoms. The molecule has 3 aromatic carbocycles. The molecule has 0 aromatic heterocycles. The number of amides is 2. The van der Waals surface area contributed by atoms with Gasteiger partial charge < -0.3 is 15.2 Å². The monoisotopic (exact) mass is 519 g/mol. The molecule has 0 saturated carbocycles. The van der Waals surface area contributed by atoms with Crippen molar-refractivity contribution in [3.05, 3.63) is 87.9 Å². The number of alkyl halides is 3. The van der Waals surface area contributed by atoms with Crippen molar-refractivity contribution in [1.82, 2.24) is 5.43 Å². The van der Waals surface area contributed by atoms with Gasteiger partial charge in [0.1, 0.15) is 11.5 Å². The van der Waals surface area contributed by atoms with Crippen LogP contribution in [0.25, 0.3) is 0 Å². The van der Waals surface area contributed by atoms with Crippen molar-refractivity contribution in [2.45, 2.75) is 19.0 Å². The van der Waals surface area contributed by atoms with E-state index in [0.717, 1.165) is 12.1 Å². The fraction of sp³-hybridized carbons (Fsp3) is 0.160. The molecular weight excluding hydrogens is 499 g/mol. The van der Waals surface area contributed by atoms with Crippen molar-refractivity contribution >= 4 is 35.3 Å². The van der Waals surface area contributed by atoms with Crippen LogP contribution in [0.2, 0.25) is 5.02 Å². The van der Waals surface area contributed by atoms with Crippen LogP contribution in [0.1, 0.15) is 33.5 Å². The van der Waals surface area contributed by atoms with Gasteiger partial charge in [0.2, 0.25) is 5.91 Å². The van der Waals surface area contributed by atoms with Crippen molar-refractivity contribution in [3.8, 4) is 11.5 Å². The third-order valence-electron chi connectivity index (χ3n) is 5.02. The number of benzene rings is 3. The number of aromatic hydroxyl groups is 1. The molecule has 0 fully saturated rings. The van der Waals surface area contributed by atoms with Gasteiger partial charge in [0.05, 0.1) is 23.9 Å². The van der Waals surface area contributed by atoms with Crippen LogP contribution in [0.15, 0.2) is 65.8 Å². The number of halogens is 4. The number of phenols is 1. The number of hydrogen-bond donors (Lipinski definition) is 3. The smallest absolute Gasteiger partial charge is 0.416 e. The molecule has 0 aliphatic carbocycles. The molecule has 0 aliphatic rings. The number of carbonyl (C=O) groups is 2. The lowest BCUT2D eigenvalue weighted by Gasteiger charge is -2.10. The first kappa shape index (κ1) is 26.6. The standard InChI is InChI=1S/C25H21ClF3N3O4/c1-36-22-13-19(31-23(34)11-4-15-2-7-18(8-3-15)25(27,28)29)9-5-17(22)14-30-32-24(35)16-6-10-21(33)20(26)12-16/h2-3,5-10,12-14,33H,4,11H2,1H3,(H,31,34)(H,32,35)/b30-14+.